The van der Waals surface area contributed by atoms with Crippen LogP contribution < -0.4 is 5.84 Å². The standard InChI is InChI=1S/C5H13N3/c1-5(2)4-8(6)7-3/h5H,3-4,6H2,1-2H3. The van der Waals surface area contributed by atoms with Crippen molar-refractivity contribution in [2.45, 2.75) is 13.8 Å². The first kappa shape index (κ1) is 7.43. The highest BCUT2D eigenvalue weighted by atomic mass is 15.6. The average Bonchev–Trinajstić information content (AvgIpc) is 1.65. The first-order chi connectivity index (χ1) is 3.66. The number of hydrogen-bond acceptors (Lipinski definition) is 3. The van der Waals surface area contributed by atoms with Crippen LogP contribution in [0.2, 0.25) is 0 Å². The lowest BCUT2D eigenvalue weighted by molar-refractivity contribution is 0.266. The molecule has 0 unspecified atom stereocenters. The number of hydrazine groups is 1. The molecule has 0 fully saturated rings. The van der Waals surface area contributed by atoms with Gasteiger partial charge in [-0.25, -0.2) is 11.0 Å². The van der Waals surface area contributed by atoms with Crippen molar-refractivity contribution in [1.82, 2.24) is 5.12 Å². The molecule has 0 bridgehead atoms. The maximum absolute atomic E-state index is 5.28. The smallest absolute Gasteiger partial charge is 0.0553 e. The second kappa shape index (κ2) is 3.43. The molecule has 0 heterocycles. The lowest BCUT2D eigenvalue weighted by Gasteiger charge is -2.12. The van der Waals surface area contributed by atoms with Crippen molar-refractivity contribution >= 4 is 6.72 Å². The van der Waals surface area contributed by atoms with Gasteiger partial charge in [-0.15, -0.1) is 0 Å². The summed E-state index contributed by atoms with van der Waals surface area (Å²) in [6.07, 6.45) is 0. The summed E-state index contributed by atoms with van der Waals surface area (Å²) in [5.41, 5.74) is 0. The van der Waals surface area contributed by atoms with Crippen molar-refractivity contribution < 1.29 is 0 Å². The third-order valence-electron chi connectivity index (χ3n) is 0.734. The van der Waals surface area contributed by atoms with Gasteiger partial charge in [-0.1, -0.05) is 13.8 Å². The van der Waals surface area contributed by atoms with Crippen LogP contribution in [0.15, 0.2) is 5.10 Å². The third kappa shape index (κ3) is 3.61. The van der Waals surface area contributed by atoms with E-state index in [1.165, 1.54) is 5.12 Å². The lowest BCUT2D eigenvalue weighted by atomic mass is 10.2. The monoisotopic (exact) mass is 115 g/mol. The van der Waals surface area contributed by atoms with Crippen LogP contribution in [0, 0.1) is 5.92 Å². The van der Waals surface area contributed by atoms with Crippen LogP contribution >= 0.6 is 0 Å². The molecule has 3 nitrogen and oxygen atoms in total. The zero-order valence-electron chi connectivity index (χ0n) is 5.46. The minimum absolute atomic E-state index is 0.547. The Morgan fingerprint density at radius 3 is 2.38 bits per heavy atom. The van der Waals surface area contributed by atoms with Crippen LogP contribution in [0.3, 0.4) is 0 Å². The van der Waals surface area contributed by atoms with E-state index in [1.807, 2.05) is 0 Å². The summed E-state index contributed by atoms with van der Waals surface area (Å²) in [7, 11) is 0. The predicted octanol–water partition coefficient (Wildman–Crippen LogP) is 0.434. The summed E-state index contributed by atoms with van der Waals surface area (Å²) >= 11 is 0. The van der Waals surface area contributed by atoms with Gasteiger partial charge in [0, 0.05) is 6.72 Å². The molecule has 0 rings (SSSR count). The molecular formula is C5H13N3. The first-order valence-corrected chi connectivity index (χ1v) is 2.65. The molecule has 0 saturated heterocycles. The number of nitrogens with two attached hydrogens (primary N) is 1. The molecule has 3 heteroatoms. The zero-order chi connectivity index (χ0) is 6.57. The van der Waals surface area contributed by atoms with E-state index >= 15 is 0 Å². The van der Waals surface area contributed by atoms with Crippen molar-refractivity contribution in [3.8, 4) is 0 Å². The second-order valence-corrected chi connectivity index (χ2v) is 2.16. The molecule has 0 aromatic rings. The van der Waals surface area contributed by atoms with Crippen molar-refractivity contribution in [2.24, 2.45) is 16.9 Å². The predicted molar refractivity (Wildman–Crippen MR) is 35.3 cm³/mol. The number of rotatable bonds is 3. The molecule has 0 amide bonds. The van der Waals surface area contributed by atoms with E-state index in [-0.39, 0.29) is 0 Å². The van der Waals surface area contributed by atoms with Gasteiger partial charge in [0.1, 0.15) is 0 Å². The van der Waals surface area contributed by atoms with E-state index < -0.39 is 0 Å². The molecule has 0 atom stereocenters. The van der Waals surface area contributed by atoms with E-state index in [0.29, 0.717) is 5.92 Å². The van der Waals surface area contributed by atoms with Crippen LogP contribution in [0.4, 0.5) is 0 Å². The van der Waals surface area contributed by atoms with Gasteiger partial charge in [-0.05, 0) is 5.92 Å². The highest BCUT2D eigenvalue weighted by molar-refractivity contribution is 5.22. The van der Waals surface area contributed by atoms with E-state index in [2.05, 4.69) is 25.7 Å². The molecule has 0 spiro atoms. The average molecular weight is 115 g/mol. The van der Waals surface area contributed by atoms with Gasteiger partial charge in [0.15, 0.2) is 0 Å². The Morgan fingerprint density at radius 1 is 1.75 bits per heavy atom. The molecule has 8 heavy (non-hydrogen) atoms. The summed E-state index contributed by atoms with van der Waals surface area (Å²) in [6.45, 7) is 8.18. The van der Waals surface area contributed by atoms with Crippen LogP contribution in [0.5, 0.6) is 0 Å². The summed E-state index contributed by atoms with van der Waals surface area (Å²) < 4.78 is 0. The Morgan fingerprint density at radius 2 is 2.25 bits per heavy atom. The molecule has 0 aliphatic heterocycles. The Bertz CT molecular complexity index is 70.1. The molecule has 48 valence electrons. The molecule has 0 aromatic heterocycles. The Labute approximate surface area is 50.1 Å². The van der Waals surface area contributed by atoms with Crippen LogP contribution in [-0.2, 0) is 0 Å². The van der Waals surface area contributed by atoms with Gasteiger partial charge in [-0.2, -0.15) is 5.10 Å². The highest BCUT2D eigenvalue weighted by Gasteiger charge is 1.94. The minimum Gasteiger partial charge on any atom is -0.233 e. The fourth-order valence-electron chi connectivity index (χ4n) is 0.432. The zero-order valence-corrected chi connectivity index (χ0v) is 5.46. The van der Waals surface area contributed by atoms with Crippen molar-refractivity contribution in [1.29, 1.82) is 0 Å². The highest BCUT2D eigenvalue weighted by Crippen LogP contribution is 1.91. The Balaban J connectivity index is 3.23. The van der Waals surface area contributed by atoms with E-state index in [4.69, 9.17) is 5.84 Å². The van der Waals surface area contributed by atoms with Gasteiger partial charge < -0.3 is 0 Å². The summed E-state index contributed by atoms with van der Waals surface area (Å²) in [4.78, 5) is 0. The molecule has 0 radical (unpaired) electrons. The lowest BCUT2D eigenvalue weighted by Crippen LogP contribution is -2.28. The molecule has 0 aromatic carbocycles. The maximum Gasteiger partial charge on any atom is 0.0553 e. The Hall–Kier alpha value is -0.570. The van der Waals surface area contributed by atoms with Gasteiger partial charge in [0.2, 0.25) is 0 Å². The first-order valence-electron chi connectivity index (χ1n) is 2.65. The quantitative estimate of drug-likeness (QED) is 0.329. The normalized spacial score (nSPS) is 9.50. The molecule has 0 saturated carbocycles. The van der Waals surface area contributed by atoms with Gasteiger partial charge in [-0.3, -0.25) is 0 Å². The summed E-state index contributed by atoms with van der Waals surface area (Å²) in [5, 5.41) is 4.83. The second-order valence-electron chi connectivity index (χ2n) is 2.16. The van der Waals surface area contributed by atoms with Crippen molar-refractivity contribution in [3.05, 3.63) is 0 Å². The third-order valence-corrected chi connectivity index (χ3v) is 0.734. The fraction of sp³-hybridized carbons (Fsp3) is 0.800. The van der Waals surface area contributed by atoms with E-state index in [0.717, 1.165) is 6.54 Å². The largest absolute Gasteiger partial charge is 0.233 e. The minimum atomic E-state index is 0.547. The summed E-state index contributed by atoms with van der Waals surface area (Å²) in [5.74, 6) is 5.82. The van der Waals surface area contributed by atoms with Gasteiger partial charge in [0.25, 0.3) is 0 Å². The number of hydrazone groups is 1. The fourth-order valence-corrected chi connectivity index (χ4v) is 0.432. The van der Waals surface area contributed by atoms with E-state index in [1.54, 1.807) is 0 Å². The molecule has 0 aliphatic rings. The Kier molecular flexibility index (Phi) is 3.19. The van der Waals surface area contributed by atoms with Gasteiger partial charge in [0.05, 0.1) is 6.54 Å². The molecule has 0 aliphatic carbocycles. The van der Waals surface area contributed by atoms with E-state index in [9.17, 15) is 0 Å². The van der Waals surface area contributed by atoms with Crippen molar-refractivity contribution in [3.63, 3.8) is 0 Å². The van der Waals surface area contributed by atoms with Crippen LogP contribution in [-0.4, -0.2) is 18.4 Å². The topological polar surface area (TPSA) is 41.6 Å². The SMILES string of the molecule is C=NN(N)CC(C)C. The van der Waals surface area contributed by atoms with Crippen LogP contribution in [0.1, 0.15) is 13.8 Å². The number of hydrogen-bond donors (Lipinski definition) is 1. The maximum atomic E-state index is 5.28. The van der Waals surface area contributed by atoms with Crippen LogP contribution in [0.25, 0.3) is 0 Å². The van der Waals surface area contributed by atoms with Crippen molar-refractivity contribution in [2.75, 3.05) is 6.54 Å². The van der Waals surface area contributed by atoms with Gasteiger partial charge >= 0.3 is 0 Å². The molecular weight excluding hydrogens is 102 g/mol. The summed E-state index contributed by atoms with van der Waals surface area (Å²) in [6, 6.07) is 0. The molecule has 2 N–H and O–H groups in total. The number of nitrogens with zero attached hydrogens (tertiary/aromatic N) is 2.